The zero-order valence-electron chi connectivity index (χ0n) is 13.2. The molecule has 24 heavy (non-hydrogen) atoms. The molecule has 1 unspecified atom stereocenters. The lowest BCUT2D eigenvalue weighted by molar-refractivity contribution is -0.117. The van der Waals surface area contributed by atoms with Crippen LogP contribution in [0.3, 0.4) is 0 Å². The number of benzene rings is 2. The van der Waals surface area contributed by atoms with Crippen LogP contribution >= 0.6 is 0 Å². The third-order valence-corrected chi connectivity index (χ3v) is 4.00. The average molecular weight is 322 g/mol. The van der Waals surface area contributed by atoms with Gasteiger partial charge in [0.1, 0.15) is 12.4 Å². The summed E-state index contributed by atoms with van der Waals surface area (Å²) in [6.07, 6.45) is 0.395. The van der Waals surface area contributed by atoms with Crippen LogP contribution in [0.25, 0.3) is 10.4 Å². The highest BCUT2D eigenvalue weighted by molar-refractivity contribution is 5.97. The van der Waals surface area contributed by atoms with Gasteiger partial charge in [-0.1, -0.05) is 47.6 Å². The van der Waals surface area contributed by atoms with E-state index in [1.807, 2.05) is 54.6 Å². The minimum atomic E-state index is 0.0314. The molecule has 0 bridgehead atoms. The maximum atomic E-state index is 12.3. The van der Waals surface area contributed by atoms with Gasteiger partial charge in [0.15, 0.2) is 0 Å². The second-order valence-corrected chi connectivity index (χ2v) is 5.73. The molecule has 6 nitrogen and oxygen atoms in total. The Morgan fingerprint density at radius 1 is 1.17 bits per heavy atom. The number of hydrogen-bond donors (Lipinski definition) is 0. The molecule has 2 aromatic rings. The number of hydrogen-bond acceptors (Lipinski definition) is 3. The normalized spacial score (nSPS) is 16.8. The van der Waals surface area contributed by atoms with Crippen LogP contribution in [0.4, 0.5) is 5.69 Å². The van der Waals surface area contributed by atoms with Crippen molar-refractivity contribution in [3.05, 3.63) is 70.6 Å². The van der Waals surface area contributed by atoms with Crippen LogP contribution in [-0.2, 0) is 11.4 Å². The Bertz CT molecular complexity index is 757. The van der Waals surface area contributed by atoms with E-state index >= 15 is 0 Å². The largest absolute Gasteiger partial charge is 0.487 e. The monoisotopic (exact) mass is 322 g/mol. The molecule has 0 aliphatic carbocycles. The number of rotatable bonds is 6. The molecule has 3 rings (SSSR count). The highest BCUT2D eigenvalue weighted by Gasteiger charge is 2.31. The summed E-state index contributed by atoms with van der Waals surface area (Å²) in [6.45, 7) is 1.33. The van der Waals surface area contributed by atoms with Crippen molar-refractivity contribution in [3.8, 4) is 5.75 Å². The SMILES string of the molecule is [N-]=[N+]=NCC1CC(=O)N(c2ccccc2OCc2ccccc2)C1. The fourth-order valence-corrected chi connectivity index (χ4v) is 2.83. The standard InChI is InChI=1S/C18H18N4O2/c19-21-20-11-15-10-18(23)22(12-15)16-8-4-5-9-17(16)24-13-14-6-2-1-3-7-14/h1-9,15H,10-13H2. The van der Waals surface area contributed by atoms with E-state index < -0.39 is 0 Å². The van der Waals surface area contributed by atoms with Gasteiger partial charge in [0.05, 0.1) is 5.69 Å². The molecule has 0 N–H and O–H groups in total. The summed E-state index contributed by atoms with van der Waals surface area (Å²) < 4.78 is 5.92. The Morgan fingerprint density at radius 2 is 1.92 bits per heavy atom. The van der Waals surface area contributed by atoms with Crippen molar-refractivity contribution in [1.29, 1.82) is 0 Å². The number of carbonyl (C=O) groups excluding carboxylic acids is 1. The summed E-state index contributed by atoms with van der Waals surface area (Å²) in [5.41, 5.74) is 10.3. The third-order valence-electron chi connectivity index (χ3n) is 4.00. The molecule has 0 aromatic heterocycles. The Labute approximate surface area is 140 Å². The second kappa shape index (κ2) is 7.53. The first-order valence-corrected chi connectivity index (χ1v) is 7.85. The molecule has 1 atom stereocenters. The quantitative estimate of drug-likeness (QED) is 0.459. The van der Waals surface area contributed by atoms with Crippen molar-refractivity contribution >= 4 is 11.6 Å². The second-order valence-electron chi connectivity index (χ2n) is 5.73. The molecule has 0 saturated carbocycles. The predicted octanol–water partition coefficient (Wildman–Crippen LogP) is 3.93. The van der Waals surface area contributed by atoms with Crippen LogP contribution in [-0.4, -0.2) is 19.0 Å². The van der Waals surface area contributed by atoms with Gasteiger partial charge in [-0.05, 0) is 29.1 Å². The molecule has 0 radical (unpaired) electrons. The summed E-state index contributed by atoms with van der Waals surface area (Å²) in [5.74, 6) is 0.763. The van der Waals surface area contributed by atoms with Gasteiger partial charge in [0, 0.05) is 24.4 Å². The summed E-state index contributed by atoms with van der Waals surface area (Å²) in [7, 11) is 0. The lowest BCUT2D eigenvalue weighted by atomic mass is 10.1. The molecular weight excluding hydrogens is 304 g/mol. The summed E-state index contributed by atoms with van der Waals surface area (Å²) in [5, 5.41) is 3.59. The molecule has 1 fully saturated rings. The van der Waals surface area contributed by atoms with E-state index in [9.17, 15) is 4.79 Å². The number of nitrogens with zero attached hydrogens (tertiary/aromatic N) is 4. The Balaban J connectivity index is 1.74. The smallest absolute Gasteiger partial charge is 0.227 e. The van der Waals surface area contributed by atoms with E-state index in [-0.39, 0.29) is 11.8 Å². The molecule has 1 amide bonds. The van der Waals surface area contributed by atoms with Gasteiger partial charge < -0.3 is 9.64 Å². The maximum absolute atomic E-state index is 12.3. The van der Waals surface area contributed by atoms with E-state index in [0.29, 0.717) is 31.9 Å². The first kappa shape index (κ1) is 15.9. The lowest BCUT2D eigenvalue weighted by Crippen LogP contribution is -2.25. The van der Waals surface area contributed by atoms with Crippen molar-refractivity contribution in [2.24, 2.45) is 11.0 Å². The molecule has 122 valence electrons. The van der Waals surface area contributed by atoms with Crippen molar-refractivity contribution in [1.82, 2.24) is 0 Å². The highest BCUT2D eigenvalue weighted by Crippen LogP contribution is 2.33. The molecular formula is C18H18N4O2. The van der Waals surface area contributed by atoms with Crippen LogP contribution in [0.1, 0.15) is 12.0 Å². The van der Waals surface area contributed by atoms with E-state index in [0.717, 1.165) is 11.3 Å². The van der Waals surface area contributed by atoms with Crippen LogP contribution in [0.5, 0.6) is 5.75 Å². The zero-order valence-corrected chi connectivity index (χ0v) is 13.2. The van der Waals surface area contributed by atoms with Crippen molar-refractivity contribution in [3.63, 3.8) is 0 Å². The van der Waals surface area contributed by atoms with E-state index in [2.05, 4.69) is 10.0 Å². The number of carbonyl (C=O) groups is 1. The average Bonchev–Trinajstić information content (AvgIpc) is 3.00. The van der Waals surface area contributed by atoms with E-state index in [1.54, 1.807) is 4.90 Å². The molecule has 1 heterocycles. The van der Waals surface area contributed by atoms with Crippen LogP contribution in [0, 0.1) is 5.92 Å². The number of para-hydroxylation sites is 2. The molecule has 1 aliphatic heterocycles. The lowest BCUT2D eigenvalue weighted by Gasteiger charge is -2.20. The first-order chi connectivity index (χ1) is 11.8. The number of azide groups is 1. The summed E-state index contributed by atoms with van der Waals surface area (Å²) >= 11 is 0. The van der Waals surface area contributed by atoms with E-state index in [1.165, 1.54) is 0 Å². The highest BCUT2D eigenvalue weighted by atomic mass is 16.5. The van der Waals surface area contributed by atoms with Gasteiger partial charge in [-0.25, -0.2) is 0 Å². The van der Waals surface area contributed by atoms with Crippen molar-refractivity contribution < 1.29 is 9.53 Å². The Hall–Kier alpha value is -2.98. The topological polar surface area (TPSA) is 78.3 Å². The van der Waals surface area contributed by atoms with Gasteiger partial charge in [-0.2, -0.15) is 0 Å². The Morgan fingerprint density at radius 3 is 2.71 bits per heavy atom. The minimum Gasteiger partial charge on any atom is -0.487 e. The Kier molecular flexibility index (Phi) is 4.99. The molecule has 1 saturated heterocycles. The molecule has 6 heteroatoms. The van der Waals surface area contributed by atoms with Gasteiger partial charge in [-0.3, -0.25) is 4.79 Å². The fraction of sp³-hybridized carbons (Fsp3) is 0.278. The minimum absolute atomic E-state index is 0.0314. The zero-order chi connectivity index (χ0) is 16.8. The fourth-order valence-electron chi connectivity index (χ4n) is 2.83. The van der Waals surface area contributed by atoms with Gasteiger partial charge in [-0.15, -0.1) is 0 Å². The number of ether oxygens (including phenoxy) is 1. The van der Waals surface area contributed by atoms with Crippen LogP contribution in [0.15, 0.2) is 59.7 Å². The summed E-state index contributed by atoms with van der Waals surface area (Å²) in [6, 6.07) is 17.4. The van der Waals surface area contributed by atoms with Crippen molar-refractivity contribution in [2.75, 3.05) is 18.0 Å². The van der Waals surface area contributed by atoms with Gasteiger partial charge in [0.2, 0.25) is 5.91 Å². The van der Waals surface area contributed by atoms with Crippen LogP contribution in [0.2, 0.25) is 0 Å². The van der Waals surface area contributed by atoms with E-state index in [4.69, 9.17) is 10.3 Å². The number of amides is 1. The summed E-state index contributed by atoms with van der Waals surface area (Å²) in [4.78, 5) is 16.8. The van der Waals surface area contributed by atoms with Crippen molar-refractivity contribution in [2.45, 2.75) is 13.0 Å². The molecule has 2 aromatic carbocycles. The molecule has 0 spiro atoms. The van der Waals surface area contributed by atoms with Gasteiger partial charge >= 0.3 is 0 Å². The van der Waals surface area contributed by atoms with Crippen LogP contribution < -0.4 is 9.64 Å². The molecule has 1 aliphatic rings. The van der Waals surface area contributed by atoms with Gasteiger partial charge in [0.25, 0.3) is 0 Å². The first-order valence-electron chi connectivity index (χ1n) is 7.85. The third kappa shape index (κ3) is 3.67. The predicted molar refractivity (Wildman–Crippen MR) is 91.7 cm³/mol. The maximum Gasteiger partial charge on any atom is 0.227 e. The number of anilines is 1.